The van der Waals surface area contributed by atoms with Gasteiger partial charge in [0.2, 0.25) is 5.88 Å². The van der Waals surface area contributed by atoms with Crippen molar-refractivity contribution in [3.63, 3.8) is 0 Å². The molecule has 0 saturated heterocycles. The summed E-state index contributed by atoms with van der Waals surface area (Å²) in [5.41, 5.74) is 1.73. The Morgan fingerprint density at radius 2 is 1.95 bits per heavy atom. The fourth-order valence-corrected chi connectivity index (χ4v) is 2.04. The predicted molar refractivity (Wildman–Crippen MR) is 74.1 cm³/mol. The van der Waals surface area contributed by atoms with Gasteiger partial charge in [0.15, 0.2) is 5.78 Å². The van der Waals surface area contributed by atoms with Crippen molar-refractivity contribution < 1.29 is 14.6 Å². The Balaban J connectivity index is 1.68. The molecular formula is C16H15NO3. The molecule has 20 heavy (non-hydrogen) atoms. The van der Waals surface area contributed by atoms with Gasteiger partial charge in [-0.2, -0.15) is 0 Å². The highest BCUT2D eigenvalue weighted by Gasteiger charge is 2.23. The molecule has 0 unspecified atom stereocenters. The van der Waals surface area contributed by atoms with Gasteiger partial charge in [-0.1, -0.05) is 12.1 Å². The molecule has 1 fully saturated rings. The summed E-state index contributed by atoms with van der Waals surface area (Å²) in [4.78, 5) is 15.3. The third kappa shape index (κ3) is 2.86. The number of nitrogens with zero attached hydrogens (tertiary/aromatic N) is 1. The van der Waals surface area contributed by atoms with Crippen LogP contribution in [0.2, 0.25) is 0 Å². The smallest absolute Gasteiger partial charge is 0.219 e. The Hall–Kier alpha value is -2.20. The Morgan fingerprint density at radius 3 is 2.50 bits per heavy atom. The third-order valence-electron chi connectivity index (χ3n) is 3.35. The van der Waals surface area contributed by atoms with Gasteiger partial charge in [-0.05, 0) is 42.5 Å². The van der Waals surface area contributed by atoms with E-state index in [0.717, 1.165) is 11.7 Å². The Kier molecular flexibility index (Phi) is 3.48. The highest BCUT2D eigenvalue weighted by Crippen LogP contribution is 2.40. The van der Waals surface area contributed by atoms with E-state index in [1.807, 2.05) is 12.1 Å². The van der Waals surface area contributed by atoms with E-state index in [1.54, 1.807) is 12.1 Å². The number of aliphatic hydroxyl groups excluding tert-OH is 1. The highest BCUT2D eigenvalue weighted by molar-refractivity contribution is 5.96. The molecule has 0 aliphatic heterocycles. The van der Waals surface area contributed by atoms with Crippen molar-refractivity contribution >= 4 is 5.78 Å². The minimum Gasteiger partial charge on any atom is -0.439 e. The fraction of sp³-hybridized carbons (Fsp3) is 0.250. The SMILES string of the molecule is O=C(CO)c1ccc(Oc2ccc(C3CC3)cc2)nc1. The normalized spacial score (nSPS) is 14.1. The number of carbonyl (C=O) groups is 1. The summed E-state index contributed by atoms with van der Waals surface area (Å²) in [6.45, 7) is -0.509. The van der Waals surface area contributed by atoms with Crippen molar-refractivity contribution in [1.29, 1.82) is 0 Å². The number of ketones is 1. The minimum absolute atomic E-state index is 0.349. The van der Waals surface area contributed by atoms with Crippen molar-refractivity contribution in [3.05, 3.63) is 53.7 Å². The summed E-state index contributed by atoms with van der Waals surface area (Å²) in [5.74, 6) is 1.53. The van der Waals surface area contributed by atoms with E-state index in [1.165, 1.54) is 24.6 Å². The van der Waals surface area contributed by atoms with Crippen LogP contribution in [0.1, 0.15) is 34.7 Å². The first-order valence-corrected chi connectivity index (χ1v) is 6.64. The number of rotatable bonds is 5. The minimum atomic E-state index is -0.509. The van der Waals surface area contributed by atoms with Crippen molar-refractivity contribution in [2.75, 3.05) is 6.61 Å². The molecule has 1 aromatic heterocycles. The summed E-state index contributed by atoms with van der Waals surface area (Å²) in [6.07, 6.45) is 3.97. The second kappa shape index (κ2) is 5.43. The number of pyridine rings is 1. The zero-order chi connectivity index (χ0) is 13.9. The van der Waals surface area contributed by atoms with Crippen LogP contribution in [0.25, 0.3) is 0 Å². The molecule has 2 aromatic rings. The van der Waals surface area contributed by atoms with Crippen LogP contribution in [0.5, 0.6) is 11.6 Å². The van der Waals surface area contributed by atoms with Gasteiger partial charge < -0.3 is 9.84 Å². The molecule has 3 rings (SSSR count). The van der Waals surface area contributed by atoms with E-state index in [9.17, 15) is 4.79 Å². The molecule has 0 bridgehead atoms. The largest absolute Gasteiger partial charge is 0.439 e. The molecule has 1 heterocycles. The van der Waals surface area contributed by atoms with Gasteiger partial charge in [0.25, 0.3) is 0 Å². The maximum Gasteiger partial charge on any atom is 0.219 e. The van der Waals surface area contributed by atoms with Crippen LogP contribution in [0, 0.1) is 0 Å². The Labute approximate surface area is 117 Å². The second-order valence-electron chi connectivity index (χ2n) is 4.91. The second-order valence-corrected chi connectivity index (χ2v) is 4.91. The van der Waals surface area contributed by atoms with E-state index >= 15 is 0 Å². The van der Waals surface area contributed by atoms with Crippen molar-refractivity contribution in [2.24, 2.45) is 0 Å². The van der Waals surface area contributed by atoms with Crippen molar-refractivity contribution in [3.8, 4) is 11.6 Å². The van der Waals surface area contributed by atoms with Crippen LogP contribution in [0.15, 0.2) is 42.6 Å². The Bertz CT molecular complexity index is 601. The fourth-order valence-electron chi connectivity index (χ4n) is 2.04. The average molecular weight is 269 g/mol. The molecular weight excluding hydrogens is 254 g/mol. The quantitative estimate of drug-likeness (QED) is 0.848. The van der Waals surface area contributed by atoms with Gasteiger partial charge in [-0.15, -0.1) is 0 Å². The third-order valence-corrected chi connectivity index (χ3v) is 3.35. The molecule has 0 spiro atoms. The van der Waals surface area contributed by atoms with Gasteiger partial charge in [0, 0.05) is 17.8 Å². The van der Waals surface area contributed by atoms with Crippen LogP contribution in [-0.2, 0) is 0 Å². The Morgan fingerprint density at radius 1 is 1.20 bits per heavy atom. The van der Waals surface area contributed by atoms with Gasteiger partial charge >= 0.3 is 0 Å². The first-order chi connectivity index (χ1) is 9.76. The first-order valence-electron chi connectivity index (χ1n) is 6.64. The molecule has 1 aliphatic carbocycles. The highest BCUT2D eigenvalue weighted by atomic mass is 16.5. The standard InChI is InChI=1S/C16H15NO3/c18-10-15(19)13-5-8-16(17-9-13)20-14-6-3-12(4-7-14)11-1-2-11/h3-9,11,18H,1-2,10H2. The first kappa shape index (κ1) is 12.8. The average Bonchev–Trinajstić information content (AvgIpc) is 3.33. The maximum absolute atomic E-state index is 11.3. The van der Waals surface area contributed by atoms with Gasteiger partial charge in [0.1, 0.15) is 12.4 Å². The van der Waals surface area contributed by atoms with E-state index in [0.29, 0.717) is 11.4 Å². The van der Waals surface area contributed by atoms with Crippen LogP contribution >= 0.6 is 0 Å². The summed E-state index contributed by atoms with van der Waals surface area (Å²) in [7, 11) is 0. The molecule has 1 aliphatic rings. The molecule has 1 N–H and O–H groups in total. The van der Waals surface area contributed by atoms with Crippen LogP contribution in [0.4, 0.5) is 0 Å². The number of hydrogen-bond acceptors (Lipinski definition) is 4. The summed E-state index contributed by atoms with van der Waals surface area (Å²) in [6, 6.07) is 11.2. The van der Waals surface area contributed by atoms with E-state index in [4.69, 9.17) is 9.84 Å². The summed E-state index contributed by atoms with van der Waals surface area (Å²) in [5, 5.41) is 8.76. The number of ether oxygens (including phenoxy) is 1. The zero-order valence-corrected chi connectivity index (χ0v) is 11.0. The van der Waals surface area contributed by atoms with Gasteiger partial charge in [-0.25, -0.2) is 4.98 Å². The molecule has 4 nitrogen and oxygen atoms in total. The lowest BCUT2D eigenvalue weighted by atomic mass is 10.1. The molecule has 0 atom stereocenters. The molecule has 102 valence electrons. The number of hydrogen-bond donors (Lipinski definition) is 1. The molecule has 1 aromatic carbocycles. The van der Waals surface area contributed by atoms with E-state index in [2.05, 4.69) is 17.1 Å². The molecule has 0 amide bonds. The van der Waals surface area contributed by atoms with Crippen LogP contribution in [-0.4, -0.2) is 22.5 Å². The number of Topliss-reactive ketones (excluding diaryl/α,β-unsaturated/α-hetero) is 1. The molecule has 4 heteroatoms. The summed E-state index contributed by atoms with van der Waals surface area (Å²) < 4.78 is 5.62. The van der Waals surface area contributed by atoms with Crippen molar-refractivity contribution in [2.45, 2.75) is 18.8 Å². The zero-order valence-electron chi connectivity index (χ0n) is 11.0. The number of benzene rings is 1. The number of aliphatic hydroxyl groups is 1. The lowest BCUT2D eigenvalue weighted by molar-refractivity contribution is 0.0903. The predicted octanol–water partition coefficient (Wildman–Crippen LogP) is 2.93. The van der Waals surface area contributed by atoms with Gasteiger partial charge in [0.05, 0.1) is 0 Å². The van der Waals surface area contributed by atoms with E-state index in [-0.39, 0.29) is 5.78 Å². The van der Waals surface area contributed by atoms with Crippen molar-refractivity contribution in [1.82, 2.24) is 4.98 Å². The van der Waals surface area contributed by atoms with Gasteiger partial charge in [-0.3, -0.25) is 4.79 Å². The van der Waals surface area contributed by atoms with Crippen LogP contribution in [0.3, 0.4) is 0 Å². The lowest BCUT2D eigenvalue weighted by Crippen LogP contribution is -2.04. The lowest BCUT2D eigenvalue weighted by Gasteiger charge is -2.06. The topological polar surface area (TPSA) is 59.4 Å². The number of carbonyl (C=O) groups excluding carboxylic acids is 1. The number of aromatic nitrogens is 1. The van der Waals surface area contributed by atoms with E-state index < -0.39 is 6.61 Å². The summed E-state index contributed by atoms with van der Waals surface area (Å²) >= 11 is 0. The maximum atomic E-state index is 11.3. The monoisotopic (exact) mass is 269 g/mol. The molecule has 1 saturated carbocycles. The molecule has 0 radical (unpaired) electrons. The van der Waals surface area contributed by atoms with Crippen LogP contribution < -0.4 is 4.74 Å².